The summed E-state index contributed by atoms with van der Waals surface area (Å²) in [6, 6.07) is 63.0. The van der Waals surface area contributed by atoms with Gasteiger partial charge in [0.2, 0.25) is 7.49 Å². The van der Waals surface area contributed by atoms with Gasteiger partial charge in [0.05, 0.1) is 52.6 Å². The molecule has 7 aromatic carbocycles. The molecule has 57 heavy (non-hydrogen) atoms. The van der Waals surface area contributed by atoms with Crippen LogP contribution in [0.5, 0.6) is 0 Å². The summed E-state index contributed by atoms with van der Waals surface area (Å²) in [5.41, 5.74) is 9.13. The first-order valence-corrected chi connectivity index (χ1v) is 21.5. The van der Waals surface area contributed by atoms with E-state index in [0.717, 1.165) is 49.6 Å². The van der Waals surface area contributed by atoms with Crippen molar-refractivity contribution in [1.82, 2.24) is 18.7 Å². The van der Waals surface area contributed by atoms with Gasteiger partial charge >= 0.3 is 0 Å². The van der Waals surface area contributed by atoms with Gasteiger partial charge in [0.15, 0.2) is 0 Å². The Kier molecular flexibility index (Phi) is 7.87. The van der Waals surface area contributed by atoms with Gasteiger partial charge in [-0.3, -0.25) is 4.57 Å². The molecule has 0 aliphatic rings. The molecule has 0 bridgehead atoms. The third kappa shape index (κ3) is 5.19. The predicted molar refractivity (Wildman–Crippen MR) is 239 cm³/mol. The van der Waals surface area contributed by atoms with Gasteiger partial charge in [0.25, 0.3) is 0 Å². The van der Waals surface area contributed by atoms with Gasteiger partial charge in [-0.25, -0.2) is 4.98 Å². The van der Waals surface area contributed by atoms with Crippen LogP contribution in [0.1, 0.15) is 6.92 Å². The monoisotopic (exact) mass is 757 g/mol. The Hall–Kier alpha value is -6.56. The van der Waals surface area contributed by atoms with Crippen LogP contribution in [0.3, 0.4) is 0 Å². The van der Waals surface area contributed by atoms with Crippen LogP contribution in [-0.2, 0) is 9.56 Å². The van der Waals surface area contributed by atoms with Crippen LogP contribution in [0.25, 0.3) is 82.6 Å². The van der Waals surface area contributed by atoms with Gasteiger partial charge in [0.1, 0.15) is 16.4 Å². The first kappa shape index (κ1) is 33.8. The van der Waals surface area contributed by atoms with Crippen molar-refractivity contribution in [3.63, 3.8) is 0 Å². The molecule has 1 unspecified atom stereocenters. The Balaban J connectivity index is 1.15. The average Bonchev–Trinajstić information content (AvgIpc) is 3.91. The Morgan fingerprint density at radius 2 is 0.877 bits per heavy atom. The number of fused-ring (bicyclic) bond motifs is 9. The fourth-order valence-electron chi connectivity index (χ4n) is 8.79. The molecule has 0 fully saturated rings. The first-order valence-electron chi connectivity index (χ1n) is 19.4. The van der Waals surface area contributed by atoms with Crippen LogP contribution < -0.4 is 10.6 Å². The van der Waals surface area contributed by atoms with Gasteiger partial charge in [0, 0.05) is 43.7 Å². The summed E-state index contributed by atoms with van der Waals surface area (Å²) in [4.78, 5) is 10.8. The van der Waals surface area contributed by atoms with E-state index in [1.54, 1.807) is 0 Å². The van der Waals surface area contributed by atoms with Crippen molar-refractivity contribution in [2.24, 2.45) is 0 Å². The summed E-state index contributed by atoms with van der Waals surface area (Å²) < 4.78 is 13.3. The van der Waals surface area contributed by atoms with E-state index in [2.05, 4.69) is 178 Å². The molecule has 7 heteroatoms. The fourth-order valence-corrected chi connectivity index (χ4v) is 11.0. The molecular formula is C50H38N4O2P+. The largest absolute Gasteiger partial charge is 0.309 e. The standard InChI is InChI=1S/C50H38N4O2P/c1-3-55-56-57(2,36-15-5-4-6-16-36)37-27-30-50(51-33-37)54-48-28-25-34(52-44-21-11-7-17-38(44)39-18-8-12-22-45(39)52)31-42(48)43-32-35(26-29-49(43)54)53-46-23-13-9-19-40(46)41-20-10-14-24-47(41)53/h4-33H,3H2,1-2H3/q+1. The highest BCUT2D eigenvalue weighted by Crippen LogP contribution is 2.54. The topological polar surface area (TPSA) is 46.1 Å². The number of nitrogens with zero attached hydrogens (tertiary/aromatic N) is 4. The molecule has 4 heterocycles. The van der Waals surface area contributed by atoms with E-state index >= 15 is 0 Å². The van der Waals surface area contributed by atoms with Crippen LogP contribution in [0.15, 0.2) is 182 Å². The molecule has 0 N–H and O–H groups in total. The molecule has 11 rings (SSSR count). The maximum absolute atomic E-state index is 6.20. The molecule has 1 atom stereocenters. The second-order valence-corrected chi connectivity index (χ2v) is 17.6. The molecular weight excluding hydrogens is 720 g/mol. The third-order valence-electron chi connectivity index (χ3n) is 11.4. The van der Waals surface area contributed by atoms with E-state index in [0.29, 0.717) is 6.61 Å². The second-order valence-electron chi connectivity index (χ2n) is 14.6. The molecule has 0 saturated carbocycles. The Morgan fingerprint density at radius 3 is 1.32 bits per heavy atom. The van der Waals surface area contributed by atoms with Crippen molar-refractivity contribution >= 4 is 83.5 Å². The van der Waals surface area contributed by atoms with Crippen molar-refractivity contribution in [2.75, 3.05) is 13.3 Å². The summed E-state index contributed by atoms with van der Waals surface area (Å²) in [5, 5.41) is 9.38. The van der Waals surface area contributed by atoms with Gasteiger partial charge in [-0.05, 0) is 91.9 Å². The van der Waals surface area contributed by atoms with Gasteiger partial charge < -0.3 is 9.13 Å². The lowest BCUT2D eigenvalue weighted by Gasteiger charge is -2.19. The van der Waals surface area contributed by atoms with Gasteiger partial charge in [-0.15, -0.1) is 0 Å². The minimum atomic E-state index is -2.33. The maximum Gasteiger partial charge on any atom is 0.250 e. The number of aromatic nitrogens is 4. The summed E-state index contributed by atoms with van der Waals surface area (Å²) in [5.74, 6) is 0.837. The average molecular weight is 758 g/mol. The van der Waals surface area contributed by atoms with Crippen molar-refractivity contribution in [2.45, 2.75) is 6.92 Å². The molecule has 0 aliphatic carbocycles. The van der Waals surface area contributed by atoms with Crippen LogP contribution in [0.2, 0.25) is 0 Å². The highest BCUT2D eigenvalue weighted by Gasteiger charge is 2.42. The van der Waals surface area contributed by atoms with Gasteiger partial charge in [-0.1, -0.05) is 95.7 Å². The lowest BCUT2D eigenvalue weighted by molar-refractivity contribution is -0.195. The Bertz CT molecular complexity index is 3030. The normalized spacial score (nSPS) is 13.1. The minimum Gasteiger partial charge on any atom is -0.309 e. The molecule has 0 amide bonds. The minimum absolute atomic E-state index is 0.461. The zero-order valence-electron chi connectivity index (χ0n) is 31.6. The fraction of sp³-hybridized carbons (Fsp3) is 0.0600. The SMILES string of the molecule is CCOO[P+](C)(c1ccccc1)c1ccc(-n2c3ccc(-n4c5ccccc5c5ccccc54)cc3c3cc(-n4c5ccccc5c5ccccc54)ccc32)nc1. The molecule has 4 aromatic heterocycles. The summed E-state index contributed by atoms with van der Waals surface area (Å²) in [6.07, 6.45) is 1.96. The van der Waals surface area contributed by atoms with Crippen molar-refractivity contribution in [3.05, 3.63) is 182 Å². The number of pyridine rings is 1. The van der Waals surface area contributed by atoms with E-state index in [1.807, 2.05) is 31.3 Å². The zero-order valence-corrected chi connectivity index (χ0v) is 32.5. The van der Waals surface area contributed by atoms with Crippen LogP contribution >= 0.6 is 7.49 Å². The third-order valence-corrected chi connectivity index (χ3v) is 14.4. The molecule has 0 saturated heterocycles. The Morgan fingerprint density at radius 1 is 0.439 bits per heavy atom. The predicted octanol–water partition coefficient (Wildman–Crippen LogP) is 11.9. The van der Waals surface area contributed by atoms with E-state index in [4.69, 9.17) is 14.5 Å². The summed E-state index contributed by atoms with van der Waals surface area (Å²) >= 11 is 0. The van der Waals surface area contributed by atoms with Crippen molar-refractivity contribution in [3.8, 4) is 17.2 Å². The molecule has 274 valence electrons. The lowest BCUT2D eigenvalue weighted by atomic mass is 10.1. The molecule has 0 aliphatic heterocycles. The smallest absolute Gasteiger partial charge is 0.250 e. The van der Waals surface area contributed by atoms with Crippen LogP contribution in [-0.4, -0.2) is 32.0 Å². The quantitative estimate of drug-likeness (QED) is 0.0881. The number of benzene rings is 7. The highest BCUT2D eigenvalue weighted by molar-refractivity contribution is 7.84. The van der Waals surface area contributed by atoms with Crippen LogP contribution in [0.4, 0.5) is 0 Å². The van der Waals surface area contributed by atoms with E-state index in [9.17, 15) is 0 Å². The summed E-state index contributed by atoms with van der Waals surface area (Å²) in [7, 11) is -2.33. The maximum atomic E-state index is 6.20. The number of para-hydroxylation sites is 4. The molecule has 0 radical (unpaired) electrons. The number of rotatable bonds is 8. The van der Waals surface area contributed by atoms with Crippen LogP contribution in [0, 0.1) is 0 Å². The molecule has 0 spiro atoms. The summed E-state index contributed by atoms with van der Waals surface area (Å²) in [6.45, 7) is 4.54. The van der Waals surface area contributed by atoms with Crippen molar-refractivity contribution in [1.29, 1.82) is 0 Å². The number of hydrogen-bond acceptors (Lipinski definition) is 3. The zero-order chi connectivity index (χ0) is 38.1. The van der Waals surface area contributed by atoms with Crippen molar-refractivity contribution < 1.29 is 9.56 Å². The van der Waals surface area contributed by atoms with E-state index in [1.165, 1.54) is 43.6 Å². The van der Waals surface area contributed by atoms with E-state index in [-0.39, 0.29) is 0 Å². The number of hydrogen-bond donors (Lipinski definition) is 0. The highest BCUT2D eigenvalue weighted by atomic mass is 31.2. The lowest BCUT2D eigenvalue weighted by Crippen LogP contribution is -2.24. The second kappa shape index (κ2) is 13.3. The first-order chi connectivity index (χ1) is 28.1. The molecule has 11 aromatic rings. The van der Waals surface area contributed by atoms with Gasteiger partial charge in [-0.2, -0.15) is 4.89 Å². The molecule has 6 nitrogen and oxygen atoms in total. The Labute approximate surface area is 330 Å². The van der Waals surface area contributed by atoms with E-state index < -0.39 is 7.49 Å².